The summed E-state index contributed by atoms with van der Waals surface area (Å²) in [4.78, 5) is 13.3. The zero-order chi connectivity index (χ0) is 21.4. The molecule has 0 saturated heterocycles. The summed E-state index contributed by atoms with van der Waals surface area (Å²) in [6.45, 7) is 0. The van der Waals surface area contributed by atoms with E-state index < -0.39 is 0 Å². The number of furan rings is 1. The Morgan fingerprint density at radius 1 is 1.03 bits per heavy atom. The normalized spacial score (nSPS) is 21.8. The maximum atomic E-state index is 13.3. The molecule has 6 heteroatoms. The van der Waals surface area contributed by atoms with Crippen molar-refractivity contribution in [1.29, 1.82) is 0 Å². The van der Waals surface area contributed by atoms with Crippen LogP contribution in [-0.4, -0.2) is 16.6 Å². The second kappa shape index (κ2) is 8.60. The van der Waals surface area contributed by atoms with E-state index in [4.69, 9.17) is 9.52 Å². The SMILES string of the molecule is O=C(c1ccco1)N1N=C2/C(=C\c3ccc(Br)cc3)CCC[C@H]2[C@H]1c1ccc(Br)cc1. The summed E-state index contributed by atoms with van der Waals surface area (Å²) in [6.07, 6.45) is 6.76. The van der Waals surface area contributed by atoms with Gasteiger partial charge in [-0.2, -0.15) is 5.10 Å². The van der Waals surface area contributed by atoms with E-state index in [2.05, 4.69) is 62.2 Å². The van der Waals surface area contributed by atoms with Crippen molar-refractivity contribution in [2.45, 2.75) is 25.3 Å². The molecular weight excluding hydrogens is 520 g/mol. The maximum Gasteiger partial charge on any atom is 0.310 e. The lowest BCUT2D eigenvalue weighted by Crippen LogP contribution is -2.31. The van der Waals surface area contributed by atoms with Crippen molar-refractivity contribution >= 4 is 49.6 Å². The van der Waals surface area contributed by atoms with E-state index in [9.17, 15) is 4.79 Å². The lowest BCUT2D eigenvalue weighted by atomic mass is 9.77. The highest BCUT2D eigenvalue weighted by Crippen LogP contribution is 2.45. The smallest absolute Gasteiger partial charge is 0.310 e. The molecule has 1 fully saturated rings. The third kappa shape index (κ3) is 4.06. The first kappa shape index (κ1) is 20.5. The molecule has 0 unspecified atom stereocenters. The fourth-order valence-corrected chi connectivity index (χ4v) is 4.96. The van der Waals surface area contributed by atoms with E-state index >= 15 is 0 Å². The van der Waals surface area contributed by atoms with E-state index in [0.717, 1.165) is 45.0 Å². The van der Waals surface area contributed by atoms with Gasteiger partial charge >= 0.3 is 5.91 Å². The summed E-state index contributed by atoms with van der Waals surface area (Å²) in [5, 5.41) is 6.52. The first-order valence-electron chi connectivity index (χ1n) is 10.3. The van der Waals surface area contributed by atoms with Gasteiger partial charge in [0.25, 0.3) is 0 Å². The quantitative estimate of drug-likeness (QED) is 0.352. The number of halogens is 2. The molecule has 0 N–H and O–H groups in total. The van der Waals surface area contributed by atoms with Crippen molar-refractivity contribution in [3.63, 3.8) is 0 Å². The van der Waals surface area contributed by atoms with Gasteiger partial charge in [0.1, 0.15) is 0 Å². The van der Waals surface area contributed by atoms with Crippen LogP contribution in [0.3, 0.4) is 0 Å². The standard InChI is InChI=1S/C25H20Br2N2O2/c26-19-10-6-16(7-11-19)15-18-3-1-4-21-23(18)28-29(25(30)22-5-2-14-31-22)24(21)17-8-12-20(27)13-9-17/h2,5-15,21,24H,1,3-4H2/b18-15-/t21-,24-/m1/s1. The summed E-state index contributed by atoms with van der Waals surface area (Å²) in [6, 6.07) is 19.7. The maximum absolute atomic E-state index is 13.3. The van der Waals surface area contributed by atoms with Gasteiger partial charge in [0.05, 0.1) is 18.0 Å². The molecule has 2 aromatic carbocycles. The number of nitrogens with zero attached hydrogens (tertiary/aromatic N) is 2. The van der Waals surface area contributed by atoms with Gasteiger partial charge in [0.15, 0.2) is 5.76 Å². The molecule has 4 nitrogen and oxygen atoms in total. The van der Waals surface area contributed by atoms with Crippen molar-refractivity contribution < 1.29 is 9.21 Å². The zero-order valence-electron chi connectivity index (χ0n) is 16.7. The number of carbonyl (C=O) groups excluding carboxylic acids is 1. The van der Waals surface area contributed by atoms with Gasteiger partial charge in [-0.1, -0.05) is 56.1 Å². The predicted molar refractivity (Wildman–Crippen MR) is 129 cm³/mol. The van der Waals surface area contributed by atoms with Crippen LogP contribution in [-0.2, 0) is 0 Å². The average molecular weight is 540 g/mol. The highest BCUT2D eigenvalue weighted by molar-refractivity contribution is 9.10. The Bertz CT molecular complexity index is 1150. The summed E-state index contributed by atoms with van der Waals surface area (Å²) in [7, 11) is 0. The first-order chi connectivity index (χ1) is 15.1. The van der Waals surface area contributed by atoms with Crippen molar-refractivity contribution in [3.05, 3.63) is 98.3 Å². The van der Waals surface area contributed by atoms with Gasteiger partial charge < -0.3 is 4.42 Å². The Labute approximate surface area is 197 Å². The lowest BCUT2D eigenvalue weighted by Gasteiger charge is -2.29. The molecule has 2 heterocycles. The second-order valence-corrected chi connectivity index (χ2v) is 9.66. The van der Waals surface area contributed by atoms with Crippen LogP contribution in [0.2, 0.25) is 0 Å². The molecule has 1 amide bonds. The molecule has 3 aromatic rings. The summed E-state index contributed by atoms with van der Waals surface area (Å²) >= 11 is 7.01. The highest BCUT2D eigenvalue weighted by Gasteiger charge is 2.44. The molecule has 31 heavy (non-hydrogen) atoms. The summed E-state index contributed by atoms with van der Waals surface area (Å²) < 4.78 is 7.48. The summed E-state index contributed by atoms with van der Waals surface area (Å²) in [5.74, 6) is 0.266. The molecule has 2 aliphatic rings. The third-order valence-corrected chi connectivity index (χ3v) is 6.92. The minimum atomic E-state index is -0.206. The van der Waals surface area contributed by atoms with Gasteiger partial charge in [0, 0.05) is 14.9 Å². The Hall–Kier alpha value is -2.44. The molecule has 1 aliphatic carbocycles. The Balaban J connectivity index is 1.57. The molecule has 1 saturated carbocycles. The van der Waals surface area contributed by atoms with Crippen LogP contribution in [0.4, 0.5) is 0 Å². The molecular formula is C25H20Br2N2O2. The molecule has 0 radical (unpaired) electrons. The number of carbonyl (C=O) groups is 1. The van der Waals surface area contributed by atoms with Gasteiger partial charge in [-0.15, -0.1) is 0 Å². The van der Waals surface area contributed by atoms with Gasteiger partial charge in [-0.25, -0.2) is 5.01 Å². The minimum Gasteiger partial charge on any atom is -0.459 e. The molecule has 1 aliphatic heterocycles. The van der Waals surface area contributed by atoms with Gasteiger partial charge in [0.2, 0.25) is 0 Å². The highest BCUT2D eigenvalue weighted by atomic mass is 79.9. The second-order valence-electron chi connectivity index (χ2n) is 7.83. The Morgan fingerprint density at radius 2 is 1.74 bits per heavy atom. The number of allylic oxidation sites excluding steroid dienone is 1. The van der Waals surface area contributed by atoms with Crippen LogP contribution in [0.5, 0.6) is 0 Å². The van der Waals surface area contributed by atoms with Crippen molar-refractivity contribution in [3.8, 4) is 0 Å². The molecule has 1 aromatic heterocycles. The molecule has 2 atom stereocenters. The molecule has 5 rings (SSSR count). The first-order valence-corrected chi connectivity index (χ1v) is 11.9. The molecule has 0 bridgehead atoms. The van der Waals surface area contributed by atoms with E-state index in [1.807, 2.05) is 24.3 Å². The number of hydrogen-bond acceptors (Lipinski definition) is 3. The molecule has 156 valence electrons. The number of rotatable bonds is 3. The van der Waals surface area contributed by atoms with E-state index in [-0.39, 0.29) is 17.9 Å². The van der Waals surface area contributed by atoms with Crippen LogP contribution in [0.15, 0.2) is 91.0 Å². The van der Waals surface area contributed by atoms with Crippen LogP contribution >= 0.6 is 31.9 Å². The van der Waals surface area contributed by atoms with Crippen LogP contribution in [0, 0.1) is 5.92 Å². The van der Waals surface area contributed by atoms with E-state index in [1.54, 1.807) is 17.1 Å². The predicted octanol–water partition coefficient (Wildman–Crippen LogP) is 7.24. The van der Waals surface area contributed by atoms with Crippen molar-refractivity contribution in [2.75, 3.05) is 0 Å². The van der Waals surface area contributed by atoms with Gasteiger partial charge in [-0.05, 0) is 78.4 Å². The lowest BCUT2D eigenvalue weighted by molar-refractivity contribution is 0.0648. The number of hydrazone groups is 1. The number of fused-ring (bicyclic) bond motifs is 1. The topological polar surface area (TPSA) is 45.8 Å². The molecule has 0 spiro atoms. The van der Waals surface area contributed by atoms with Crippen LogP contribution in [0.25, 0.3) is 6.08 Å². The minimum absolute atomic E-state index is 0.144. The average Bonchev–Trinajstić information content (AvgIpc) is 3.44. The monoisotopic (exact) mass is 538 g/mol. The number of hydrogen-bond donors (Lipinski definition) is 0. The van der Waals surface area contributed by atoms with Crippen LogP contribution < -0.4 is 0 Å². The fraction of sp³-hybridized carbons (Fsp3) is 0.200. The van der Waals surface area contributed by atoms with Crippen LogP contribution in [0.1, 0.15) is 47.0 Å². The Kier molecular flexibility index (Phi) is 5.67. The number of benzene rings is 2. The van der Waals surface area contributed by atoms with Gasteiger partial charge in [-0.3, -0.25) is 4.79 Å². The Morgan fingerprint density at radius 3 is 2.42 bits per heavy atom. The summed E-state index contributed by atoms with van der Waals surface area (Å²) in [5.41, 5.74) is 4.44. The number of amides is 1. The van der Waals surface area contributed by atoms with E-state index in [0.29, 0.717) is 5.76 Å². The largest absolute Gasteiger partial charge is 0.459 e. The van der Waals surface area contributed by atoms with E-state index in [1.165, 1.54) is 11.8 Å². The zero-order valence-corrected chi connectivity index (χ0v) is 19.8. The fourth-order valence-electron chi connectivity index (χ4n) is 4.43. The van der Waals surface area contributed by atoms with Crippen molar-refractivity contribution in [2.24, 2.45) is 11.0 Å². The van der Waals surface area contributed by atoms with Crippen molar-refractivity contribution in [1.82, 2.24) is 5.01 Å². The third-order valence-electron chi connectivity index (χ3n) is 5.86.